The van der Waals surface area contributed by atoms with E-state index in [0.29, 0.717) is 6.42 Å². The Morgan fingerprint density at radius 3 is 2.29 bits per heavy atom. The Kier molecular flexibility index (Phi) is 8.33. The molecule has 0 saturated heterocycles. The van der Waals surface area contributed by atoms with Gasteiger partial charge in [-0.1, -0.05) is 128 Å². The van der Waals surface area contributed by atoms with E-state index < -0.39 is 11.0 Å². The van der Waals surface area contributed by atoms with Gasteiger partial charge in [-0.2, -0.15) is 10.5 Å². The third kappa shape index (κ3) is 5.26. The van der Waals surface area contributed by atoms with E-state index in [-0.39, 0.29) is 11.8 Å². The van der Waals surface area contributed by atoms with Crippen LogP contribution in [0.15, 0.2) is 168 Å². The van der Waals surface area contributed by atoms with Crippen LogP contribution in [0.2, 0.25) is 0 Å². The first-order chi connectivity index (χ1) is 25.0. The number of nitriles is 2. The van der Waals surface area contributed by atoms with E-state index in [1.165, 1.54) is 27.6 Å². The highest BCUT2D eigenvalue weighted by Gasteiger charge is 2.53. The summed E-state index contributed by atoms with van der Waals surface area (Å²) < 4.78 is 2.44. The monoisotopic (exact) mass is 662 g/mol. The van der Waals surface area contributed by atoms with Gasteiger partial charge in [-0.05, 0) is 67.2 Å². The van der Waals surface area contributed by atoms with Crippen LogP contribution in [0.5, 0.6) is 0 Å². The van der Waals surface area contributed by atoms with Gasteiger partial charge in [0.1, 0.15) is 5.41 Å². The lowest BCUT2D eigenvalue weighted by Gasteiger charge is -2.48. The lowest BCUT2D eigenvalue weighted by Crippen LogP contribution is -2.51. The van der Waals surface area contributed by atoms with Crippen LogP contribution in [0.4, 0.5) is 0 Å². The van der Waals surface area contributed by atoms with Crippen molar-refractivity contribution in [2.24, 2.45) is 5.92 Å². The first-order valence-electron chi connectivity index (χ1n) is 18.2. The van der Waals surface area contributed by atoms with Crippen molar-refractivity contribution >= 4 is 21.8 Å². The molecule has 0 saturated carbocycles. The zero-order chi connectivity index (χ0) is 35.0. The number of hydrogen-bond donors (Lipinski definition) is 0. The van der Waals surface area contributed by atoms with Crippen molar-refractivity contribution in [3.63, 3.8) is 0 Å². The average Bonchev–Trinajstić information content (AvgIpc) is 3.40. The molecular weight excluding hydrogens is 621 g/mol. The Hall–Kier alpha value is -5.84. The molecule has 4 aliphatic rings. The molecule has 4 atom stereocenters. The minimum absolute atomic E-state index is 0.120. The highest BCUT2D eigenvalue weighted by molar-refractivity contribution is 6.08. The van der Waals surface area contributed by atoms with Crippen LogP contribution in [0, 0.1) is 28.6 Å². The molecule has 0 N–H and O–H groups in total. The molecule has 3 aromatic carbocycles. The summed E-state index contributed by atoms with van der Waals surface area (Å²) in [7, 11) is 0. The third-order valence-corrected chi connectivity index (χ3v) is 11.6. The standard InChI is InChI=1S/C47H42N4/c1-34-15-4-3-13-30-50(45-31-35(32-48)16-14-20-38(34)45)37-26-24-36(25-27-37)39-17-5-8-21-42(39)47(33-49)29-12-11-28-46(47,2)51-43-22-9-6-18-40(43)41-19-7-10-23-44(41)51/h3-11,13-24,26-28,34,36H,12,25,29-31H2,1-2H3/b13-3-,15-4-. The van der Waals surface area contributed by atoms with Crippen LogP contribution in [0.3, 0.4) is 0 Å². The van der Waals surface area contributed by atoms with Crippen LogP contribution in [-0.2, 0) is 11.0 Å². The minimum Gasteiger partial charge on any atom is -0.341 e. The van der Waals surface area contributed by atoms with E-state index in [4.69, 9.17) is 0 Å². The van der Waals surface area contributed by atoms with Crippen molar-refractivity contribution in [1.82, 2.24) is 9.47 Å². The van der Waals surface area contributed by atoms with Crippen molar-refractivity contribution in [2.45, 2.75) is 56.4 Å². The van der Waals surface area contributed by atoms with E-state index in [2.05, 4.69) is 169 Å². The lowest BCUT2D eigenvalue weighted by atomic mass is 9.59. The predicted octanol–water partition coefficient (Wildman–Crippen LogP) is 11.0. The van der Waals surface area contributed by atoms with Gasteiger partial charge in [-0.15, -0.1) is 0 Å². The Balaban J connectivity index is 1.21. The summed E-state index contributed by atoms with van der Waals surface area (Å²) >= 11 is 0. The smallest absolute Gasteiger partial charge is 0.110 e. The number of allylic oxidation sites excluding steroid dienone is 13. The maximum absolute atomic E-state index is 11.5. The van der Waals surface area contributed by atoms with Gasteiger partial charge >= 0.3 is 0 Å². The van der Waals surface area contributed by atoms with Crippen molar-refractivity contribution in [3.8, 4) is 12.1 Å². The number of rotatable bonds is 4. The first-order valence-corrected chi connectivity index (χ1v) is 18.2. The Morgan fingerprint density at radius 1 is 0.824 bits per heavy atom. The normalized spacial score (nSPS) is 27.3. The third-order valence-electron chi connectivity index (χ3n) is 11.6. The van der Waals surface area contributed by atoms with E-state index in [0.717, 1.165) is 53.7 Å². The van der Waals surface area contributed by atoms with Gasteiger partial charge in [0, 0.05) is 63.6 Å². The zero-order valence-electron chi connectivity index (χ0n) is 29.3. The minimum atomic E-state index is -0.803. The fourth-order valence-corrected chi connectivity index (χ4v) is 8.98. The molecule has 51 heavy (non-hydrogen) atoms. The fraction of sp³-hybridized carbons (Fsp3) is 0.234. The van der Waals surface area contributed by atoms with Gasteiger partial charge in [0.15, 0.2) is 0 Å². The summed E-state index contributed by atoms with van der Waals surface area (Å²) in [4.78, 5) is 2.39. The molecule has 3 aliphatic carbocycles. The molecule has 4 unspecified atom stereocenters. The molecule has 250 valence electrons. The summed E-state index contributed by atoms with van der Waals surface area (Å²) in [5.74, 6) is 0.338. The maximum Gasteiger partial charge on any atom is 0.110 e. The molecule has 0 bridgehead atoms. The molecule has 0 amide bonds. The van der Waals surface area contributed by atoms with Crippen molar-refractivity contribution in [3.05, 3.63) is 179 Å². The first kappa shape index (κ1) is 32.4. The van der Waals surface area contributed by atoms with Crippen LogP contribution in [0.25, 0.3) is 21.8 Å². The molecule has 0 radical (unpaired) electrons. The molecule has 0 fully saturated rings. The van der Waals surface area contributed by atoms with Gasteiger partial charge in [-0.3, -0.25) is 0 Å². The average molecular weight is 663 g/mol. The molecule has 4 nitrogen and oxygen atoms in total. The van der Waals surface area contributed by atoms with E-state index in [1.807, 2.05) is 12.2 Å². The maximum atomic E-state index is 11.5. The largest absolute Gasteiger partial charge is 0.341 e. The molecule has 1 aliphatic heterocycles. The molecule has 4 aromatic rings. The fourth-order valence-electron chi connectivity index (χ4n) is 8.98. The van der Waals surface area contributed by atoms with Crippen molar-refractivity contribution in [2.75, 3.05) is 6.54 Å². The number of hydrogen-bond acceptors (Lipinski definition) is 3. The van der Waals surface area contributed by atoms with Gasteiger partial charge in [0.25, 0.3) is 0 Å². The van der Waals surface area contributed by atoms with Gasteiger partial charge < -0.3 is 9.47 Å². The molecule has 4 heteroatoms. The summed E-state index contributed by atoms with van der Waals surface area (Å²) in [6.07, 6.45) is 29.3. The summed E-state index contributed by atoms with van der Waals surface area (Å²) in [6.45, 7) is 5.21. The summed E-state index contributed by atoms with van der Waals surface area (Å²) in [6, 6.07) is 31.3. The van der Waals surface area contributed by atoms with Crippen molar-refractivity contribution < 1.29 is 0 Å². The van der Waals surface area contributed by atoms with E-state index >= 15 is 0 Å². The topological polar surface area (TPSA) is 55.8 Å². The van der Waals surface area contributed by atoms with Crippen LogP contribution >= 0.6 is 0 Å². The highest BCUT2D eigenvalue weighted by Crippen LogP contribution is 2.53. The number of nitrogens with zero attached hydrogens (tertiary/aromatic N) is 4. The summed E-state index contributed by atoms with van der Waals surface area (Å²) in [5, 5.41) is 23.8. The molecule has 0 spiro atoms. The number of aromatic nitrogens is 1. The number of fused-ring (bicyclic) bond motifs is 3. The SMILES string of the molecule is CC1/C=C\C=C/CN(C2=CCC(c3ccccc3C3(C#N)CCC=CC3(C)n3c4ccccc4c4ccccc43)C=C2)C2=C1C=CC=C(C#N)C2. The van der Waals surface area contributed by atoms with E-state index in [9.17, 15) is 10.5 Å². The second-order valence-corrected chi connectivity index (χ2v) is 14.3. The number of benzene rings is 3. The second-order valence-electron chi connectivity index (χ2n) is 14.3. The lowest BCUT2D eigenvalue weighted by molar-refractivity contribution is 0.244. The highest BCUT2D eigenvalue weighted by atomic mass is 15.1. The zero-order valence-corrected chi connectivity index (χ0v) is 29.3. The molecule has 2 heterocycles. The molecule has 1 aromatic heterocycles. The van der Waals surface area contributed by atoms with Gasteiger partial charge in [0.05, 0.1) is 17.7 Å². The molecular formula is C47H42N4. The van der Waals surface area contributed by atoms with Crippen molar-refractivity contribution in [1.29, 1.82) is 10.5 Å². The molecule has 8 rings (SSSR count). The Bertz CT molecular complexity index is 2320. The summed E-state index contributed by atoms with van der Waals surface area (Å²) in [5.41, 5.74) is 7.50. The number of para-hydroxylation sites is 2. The Morgan fingerprint density at radius 2 is 1.57 bits per heavy atom. The van der Waals surface area contributed by atoms with E-state index in [1.54, 1.807) is 0 Å². The quantitative estimate of drug-likeness (QED) is 0.204. The van der Waals surface area contributed by atoms with Crippen LogP contribution in [0.1, 0.15) is 56.6 Å². The van der Waals surface area contributed by atoms with Gasteiger partial charge in [0.2, 0.25) is 0 Å². The van der Waals surface area contributed by atoms with Crippen LogP contribution in [-0.4, -0.2) is 16.0 Å². The Labute approximate surface area is 301 Å². The second kappa shape index (κ2) is 13.1. The van der Waals surface area contributed by atoms with Gasteiger partial charge in [-0.25, -0.2) is 0 Å². The predicted molar refractivity (Wildman–Crippen MR) is 208 cm³/mol. The van der Waals surface area contributed by atoms with Crippen LogP contribution < -0.4 is 0 Å².